The topological polar surface area (TPSA) is 77.6 Å². The minimum absolute atomic E-state index is 0.174. The molecule has 1 atom stereocenters. The molecule has 31 heavy (non-hydrogen) atoms. The van der Waals surface area contributed by atoms with Gasteiger partial charge in [-0.25, -0.2) is 9.59 Å². The van der Waals surface area contributed by atoms with E-state index < -0.39 is 18.4 Å². The van der Waals surface area contributed by atoms with Gasteiger partial charge in [0, 0.05) is 13.1 Å². The van der Waals surface area contributed by atoms with Crippen LogP contribution in [-0.2, 0) is 20.6 Å². The Morgan fingerprint density at radius 1 is 0.871 bits per heavy atom. The number of carbonyl (C=O) groups excluding carboxylic acids is 2. The molecule has 1 aromatic rings. The summed E-state index contributed by atoms with van der Waals surface area (Å²) < 4.78 is 14.9. The largest absolute Gasteiger partial charge is 0.511 e. The second-order valence-corrected chi connectivity index (χ2v) is 8.67. The van der Waals surface area contributed by atoms with Gasteiger partial charge in [-0.05, 0) is 32.3 Å². The Morgan fingerprint density at radius 2 is 1.42 bits per heavy atom. The third kappa shape index (κ3) is 12.1. The van der Waals surface area contributed by atoms with Crippen molar-refractivity contribution in [3.8, 4) is 0 Å². The van der Waals surface area contributed by atoms with E-state index in [1.807, 2.05) is 0 Å². The van der Waals surface area contributed by atoms with Crippen LogP contribution in [0.4, 0.5) is 4.79 Å². The Labute approximate surface area is 192 Å². The predicted molar refractivity (Wildman–Crippen MR) is 124 cm³/mol. The fourth-order valence-electron chi connectivity index (χ4n) is 3.35. The van der Waals surface area contributed by atoms with E-state index >= 15 is 0 Å². The highest BCUT2D eigenvalue weighted by molar-refractivity contribution is 6.34. The Bertz CT molecular complexity index is 644. The van der Waals surface area contributed by atoms with Crippen molar-refractivity contribution in [3.63, 3.8) is 0 Å². The average molecular weight is 458 g/mol. The summed E-state index contributed by atoms with van der Waals surface area (Å²) in [5.41, 5.74) is 1.07. The number of hydrogen-bond acceptors (Lipinski definition) is 5. The minimum Gasteiger partial charge on any atom is -0.431 e. The molecule has 0 aliphatic carbocycles. The SMILES string of the molecule is CCCCCCCCCCCCCc1c[nH]c(C(=O)OC(C)OC(=O)OC(C)C)c1Cl. The molecule has 0 amide bonds. The second kappa shape index (κ2) is 16.0. The molecule has 0 radical (unpaired) electrons. The summed E-state index contributed by atoms with van der Waals surface area (Å²) in [5.74, 6) is -0.667. The van der Waals surface area contributed by atoms with E-state index in [9.17, 15) is 9.59 Å². The lowest BCUT2D eigenvalue weighted by Gasteiger charge is -2.14. The molecule has 1 N–H and O–H groups in total. The quantitative estimate of drug-likeness (QED) is 0.157. The van der Waals surface area contributed by atoms with Gasteiger partial charge in [0.25, 0.3) is 0 Å². The van der Waals surface area contributed by atoms with Gasteiger partial charge in [0.15, 0.2) is 0 Å². The first-order chi connectivity index (χ1) is 14.8. The van der Waals surface area contributed by atoms with Crippen LogP contribution >= 0.6 is 11.6 Å². The van der Waals surface area contributed by atoms with Crippen LogP contribution in [0.15, 0.2) is 6.20 Å². The Morgan fingerprint density at radius 3 is 1.97 bits per heavy atom. The minimum atomic E-state index is -1.08. The van der Waals surface area contributed by atoms with Gasteiger partial charge in [0.2, 0.25) is 6.29 Å². The maximum Gasteiger partial charge on any atom is 0.511 e. The van der Waals surface area contributed by atoms with Crippen LogP contribution in [0.5, 0.6) is 0 Å². The molecule has 0 aromatic carbocycles. The zero-order valence-corrected chi connectivity index (χ0v) is 20.4. The van der Waals surface area contributed by atoms with Crippen LogP contribution < -0.4 is 0 Å². The van der Waals surface area contributed by atoms with Gasteiger partial charge in [-0.2, -0.15) is 0 Å². The number of aryl methyl sites for hydroxylation is 1. The van der Waals surface area contributed by atoms with Gasteiger partial charge in [-0.3, -0.25) is 0 Å². The van der Waals surface area contributed by atoms with Gasteiger partial charge in [-0.1, -0.05) is 82.7 Å². The number of carbonyl (C=O) groups is 2. The van der Waals surface area contributed by atoms with E-state index in [0.717, 1.165) is 24.8 Å². The van der Waals surface area contributed by atoms with E-state index in [-0.39, 0.29) is 11.8 Å². The maximum absolute atomic E-state index is 12.3. The summed E-state index contributed by atoms with van der Waals surface area (Å²) in [5, 5.41) is 0.369. The van der Waals surface area contributed by atoms with Gasteiger partial charge in [0.05, 0.1) is 11.1 Å². The number of aromatic nitrogens is 1. The average Bonchev–Trinajstić information content (AvgIpc) is 3.05. The fourth-order valence-corrected chi connectivity index (χ4v) is 3.63. The van der Waals surface area contributed by atoms with Crippen molar-refractivity contribution in [1.29, 1.82) is 0 Å². The Balaban J connectivity index is 2.24. The third-order valence-electron chi connectivity index (χ3n) is 5.01. The number of rotatable bonds is 16. The lowest BCUT2D eigenvalue weighted by atomic mass is 10.0. The molecule has 1 aromatic heterocycles. The zero-order chi connectivity index (χ0) is 23.1. The molecule has 1 rings (SSSR count). The number of unbranched alkanes of at least 4 members (excludes halogenated alkanes) is 10. The van der Waals surface area contributed by atoms with E-state index in [0.29, 0.717) is 5.02 Å². The molecule has 0 aliphatic heterocycles. The Kier molecular flexibility index (Phi) is 14.1. The molecule has 178 valence electrons. The summed E-state index contributed by atoms with van der Waals surface area (Å²) >= 11 is 6.35. The van der Waals surface area contributed by atoms with Crippen molar-refractivity contribution < 1.29 is 23.8 Å². The van der Waals surface area contributed by atoms with Gasteiger partial charge in [0.1, 0.15) is 5.69 Å². The number of halogens is 1. The molecular formula is C24H40ClNO5. The van der Waals surface area contributed by atoms with Crippen molar-refractivity contribution in [2.45, 2.75) is 117 Å². The highest BCUT2D eigenvalue weighted by atomic mass is 35.5. The van der Waals surface area contributed by atoms with Crippen LogP contribution in [-0.4, -0.2) is 29.5 Å². The lowest BCUT2D eigenvalue weighted by molar-refractivity contribution is -0.0868. The lowest BCUT2D eigenvalue weighted by Crippen LogP contribution is -2.24. The van der Waals surface area contributed by atoms with Crippen LogP contribution in [0.3, 0.4) is 0 Å². The predicted octanol–water partition coefficient (Wildman–Crippen LogP) is 7.59. The summed E-state index contributed by atoms with van der Waals surface area (Å²) in [6.07, 6.45) is 14.4. The maximum atomic E-state index is 12.3. The molecule has 6 nitrogen and oxygen atoms in total. The van der Waals surface area contributed by atoms with Gasteiger partial charge >= 0.3 is 12.1 Å². The molecule has 0 aliphatic rings. The normalized spacial score (nSPS) is 12.1. The van der Waals surface area contributed by atoms with E-state index in [2.05, 4.69) is 11.9 Å². The first kappa shape index (κ1) is 27.3. The first-order valence-corrected chi connectivity index (χ1v) is 12.2. The standard InChI is InChI=1S/C24H40ClNO5/c1-5-6-7-8-9-10-11-12-13-14-15-16-20-17-26-22(21(20)25)23(27)30-19(4)31-24(28)29-18(2)3/h17-19,26H,5-16H2,1-4H3. The van der Waals surface area contributed by atoms with Crippen molar-refractivity contribution >= 4 is 23.7 Å². The molecule has 0 fully saturated rings. The molecular weight excluding hydrogens is 418 g/mol. The number of hydrogen-bond donors (Lipinski definition) is 1. The number of H-pyrrole nitrogens is 1. The van der Waals surface area contributed by atoms with Crippen molar-refractivity contribution in [2.24, 2.45) is 0 Å². The van der Waals surface area contributed by atoms with Crippen molar-refractivity contribution in [1.82, 2.24) is 4.98 Å². The monoisotopic (exact) mass is 457 g/mol. The second-order valence-electron chi connectivity index (χ2n) is 8.30. The number of aromatic amines is 1. The molecule has 0 bridgehead atoms. The molecule has 7 heteroatoms. The van der Waals surface area contributed by atoms with Crippen molar-refractivity contribution in [3.05, 3.63) is 22.5 Å². The molecule has 1 unspecified atom stereocenters. The van der Waals surface area contributed by atoms with E-state index in [1.54, 1.807) is 20.0 Å². The third-order valence-corrected chi connectivity index (χ3v) is 5.44. The zero-order valence-electron chi connectivity index (χ0n) is 19.6. The highest BCUT2D eigenvalue weighted by Crippen LogP contribution is 2.24. The molecule has 0 saturated heterocycles. The first-order valence-electron chi connectivity index (χ1n) is 11.8. The smallest absolute Gasteiger partial charge is 0.431 e. The number of esters is 1. The molecule has 0 spiro atoms. The van der Waals surface area contributed by atoms with Crippen LogP contribution in [0, 0.1) is 0 Å². The Hall–Kier alpha value is -1.69. The number of nitrogens with one attached hydrogen (secondary N) is 1. The summed E-state index contributed by atoms with van der Waals surface area (Å²) in [4.78, 5) is 26.6. The van der Waals surface area contributed by atoms with Gasteiger partial charge in [-0.15, -0.1) is 0 Å². The van der Waals surface area contributed by atoms with Gasteiger partial charge < -0.3 is 19.2 Å². The van der Waals surface area contributed by atoms with Crippen LogP contribution in [0.2, 0.25) is 5.02 Å². The number of ether oxygens (including phenoxy) is 3. The van der Waals surface area contributed by atoms with E-state index in [1.165, 1.54) is 64.7 Å². The van der Waals surface area contributed by atoms with Crippen molar-refractivity contribution in [2.75, 3.05) is 0 Å². The fraction of sp³-hybridized carbons (Fsp3) is 0.750. The highest BCUT2D eigenvalue weighted by Gasteiger charge is 2.21. The summed E-state index contributed by atoms with van der Waals surface area (Å²) in [6, 6.07) is 0. The van der Waals surface area contributed by atoms with E-state index in [4.69, 9.17) is 25.8 Å². The molecule has 1 heterocycles. The van der Waals surface area contributed by atoms with Crippen LogP contribution in [0.25, 0.3) is 0 Å². The summed E-state index contributed by atoms with van der Waals surface area (Å²) in [7, 11) is 0. The molecule has 0 saturated carbocycles. The van der Waals surface area contributed by atoms with Crippen LogP contribution in [0.1, 0.15) is 114 Å². The summed E-state index contributed by atoms with van der Waals surface area (Å²) in [6.45, 7) is 7.10.